The van der Waals surface area contributed by atoms with Crippen LogP contribution in [-0.2, 0) is 14.3 Å². The first kappa shape index (κ1) is 22.1. The number of rotatable bonds is 5. The van der Waals surface area contributed by atoms with Gasteiger partial charge >= 0.3 is 5.97 Å². The molecule has 0 bridgehead atoms. The molecule has 2 heterocycles. The second kappa shape index (κ2) is 9.03. The van der Waals surface area contributed by atoms with Crippen molar-refractivity contribution in [2.75, 3.05) is 6.61 Å². The average Bonchev–Trinajstić information content (AvgIpc) is 3.17. The van der Waals surface area contributed by atoms with Gasteiger partial charge in [-0.2, -0.15) is 0 Å². The van der Waals surface area contributed by atoms with Gasteiger partial charge in [0.2, 0.25) is 0 Å². The van der Waals surface area contributed by atoms with Gasteiger partial charge in [-0.1, -0.05) is 23.4 Å². The van der Waals surface area contributed by atoms with Gasteiger partial charge in [0.15, 0.2) is 11.6 Å². The third-order valence-electron chi connectivity index (χ3n) is 4.61. The Morgan fingerprint density at radius 1 is 1.40 bits per heavy atom. The van der Waals surface area contributed by atoms with Gasteiger partial charge in [-0.05, 0) is 18.2 Å². The van der Waals surface area contributed by atoms with Crippen molar-refractivity contribution in [1.82, 2.24) is 15.0 Å². The number of hydrogen-bond acceptors (Lipinski definition) is 7. The van der Waals surface area contributed by atoms with E-state index < -0.39 is 48.1 Å². The van der Waals surface area contributed by atoms with E-state index in [1.54, 1.807) is 0 Å². The Kier molecular flexibility index (Phi) is 6.64. The number of aromatic nitrogens is 3. The summed E-state index contributed by atoms with van der Waals surface area (Å²) in [6, 6.07) is 1.31. The number of carbonyl (C=O) groups is 1. The van der Waals surface area contributed by atoms with Crippen LogP contribution >= 0.6 is 11.6 Å². The van der Waals surface area contributed by atoms with Crippen LogP contribution in [0.5, 0.6) is 0 Å². The number of carbonyl (C=O) groups excluding carboxylic acids is 1. The van der Waals surface area contributed by atoms with E-state index in [1.807, 2.05) is 0 Å². The van der Waals surface area contributed by atoms with E-state index >= 15 is 0 Å². The first-order valence-electron chi connectivity index (χ1n) is 8.81. The topological polar surface area (TPSA) is 107 Å². The second-order valence-corrected chi connectivity index (χ2v) is 7.00. The van der Waals surface area contributed by atoms with Crippen molar-refractivity contribution in [3.05, 3.63) is 53.4 Å². The van der Waals surface area contributed by atoms with Gasteiger partial charge in [0.1, 0.15) is 42.8 Å². The largest absolute Gasteiger partial charge is 0.463 e. The predicted octanol–water partition coefficient (Wildman–Crippen LogP) is 1.81. The third kappa shape index (κ3) is 4.28. The zero-order valence-electron chi connectivity index (χ0n) is 15.7. The maximum Gasteiger partial charge on any atom is 0.302 e. The summed E-state index contributed by atoms with van der Waals surface area (Å²) in [5.74, 6) is -3.01. The van der Waals surface area contributed by atoms with Crippen LogP contribution in [0, 0.1) is 11.6 Å². The molecular formula is C19H18ClF2N3O5. The first-order valence-corrected chi connectivity index (χ1v) is 9.19. The minimum Gasteiger partial charge on any atom is -0.463 e. The van der Waals surface area contributed by atoms with Crippen molar-refractivity contribution >= 4 is 17.6 Å². The highest BCUT2D eigenvalue weighted by atomic mass is 35.5. The number of benzene rings is 1. The number of esters is 1. The normalized spacial score (nSPS) is 26.1. The monoisotopic (exact) mass is 441 g/mol. The maximum absolute atomic E-state index is 14.2. The number of halogens is 3. The van der Waals surface area contributed by atoms with E-state index in [9.17, 15) is 23.8 Å². The first-order chi connectivity index (χ1) is 14.2. The lowest BCUT2D eigenvalue weighted by atomic mass is 9.92. The Hall–Kier alpha value is -2.62. The summed E-state index contributed by atoms with van der Waals surface area (Å²) in [6.07, 6.45) is -2.05. The molecule has 8 nitrogen and oxygen atoms in total. The van der Waals surface area contributed by atoms with Gasteiger partial charge in [0.05, 0.1) is 11.2 Å². The van der Waals surface area contributed by atoms with Crippen LogP contribution in [0.4, 0.5) is 8.78 Å². The lowest BCUT2D eigenvalue weighted by molar-refractivity contribution is -0.197. The van der Waals surface area contributed by atoms with Gasteiger partial charge in [0.25, 0.3) is 0 Å². The summed E-state index contributed by atoms with van der Waals surface area (Å²) in [7, 11) is 0. The molecule has 0 unspecified atom stereocenters. The summed E-state index contributed by atoms with van der Waals surface area (Å²) in [5.41, 5.74) is 2.26. The van der Waals surface area contributed by atoms with E-state index in [2.05, 4.69) is 22.6 Å². The molecule has 1 aliphatic rings. The third-order valence-corrected chi connectivity index (χ3v) is 4.90. The lowest BCUT2D eigenvalue weighted by Crippen LogP contribution is -2.55. The molecule has 1 aromatic heterocycles. The highest BCUT2D eigenvalue weighted by molar-refractivity contribution is 6.30. The molecule has 160 valence electrons. The minimum absolute atomic E-state index is 0.0405. The van der Waals surface area contributed by atoms with Crippen LogP contribution in [0.3, 0.4) is 0 Å². The Morgan fingerprint density at radius 3 is 2.80 bits per heavy atom. The van der Waals surface area contributed by atoms with Crippen molar-refractivity contribution in [2.24, 2.45) is 0 Å². The van der Waals surface area contributed by atoms with Crippen LogP contribution in [0.1, 0.15) is 13.0 Å². The zero-order valence-corrected chi connectivity index (χ0v) is 16.5. The molecule has 5 atom stereocenters. The predicted molar refractivity (Wildman–Crippen MR) is 100 cm³/mol. The molecule has 1 aromatic carbocycles. The lowest BCUT2D eigenvalue weighted by Gasteiger charge is -2.41. The smallest absolute Gasteiger partial charge is 0.302 e. The molecule has 1 fully saturated rings. The van der Waals surface area contributed by atoms with Gasteiger partial charge < -0.3 is 19.7 Å². The molecule has 1 aliphatic heterocycles. The van der Waals surface area contributed by atoms with Crippen molar-refractivity contribution < 1.29 is 33.3 Å². The van der Waals surface area contributed by atoms with Crippen LogP contribution in [0.15, 0.2) is 36.7 Å². The molecule has 0 aliphatic carbocycles. The summed E-state index contributed by atoms with van der Waals surface area (Å²) in [6.45, 7) is 4.35. The van der Waals surface area contributed by atoms with Crippen LogP contribution in [-0.4, -0.2) is 62.2 Å². The van der Waals surface area contributed by atoms with E-state index in [0.29, 0.717) is 0 Å². The summed E-state index contributed by atoms with van der Waals surface area (Å²) in [4.78, 5) is 11.1. The Labute approximate surface area is 175 Å². The molecular weight excluding hydrogens is 424 g/mol. The fourth-order valence-electron chi connectivity index (χ4n) is 3.15. The van der Waals surface area contributed by atoms with Crippen LogP contribution < -0.4 is 0 Å². The van der Waals surface area contributed by atoms with Gasteiger partial charge in [-0.3, -0.25) is 4.79 Å². The molecule has 0 saturated carbocycles. The van der Waals surface area contributed by atoms with Crippen molar-refractivity contribution in [2.45, 2.75) is 37.4 Å². The molecule has 30 heavy (non-hydrogen) atoms. The summed E-state index contributed by atoms with van der Waals surface area (Å²) < 4.78 is 39.6. The standard InChI is InChI=1S/C19H18ClF2N3O5/c1-3-4-13-18(27)17(19(28)14(30-13)8-29-9(2)26)25-7-12(23-24-25)10-5-6-11(20)16(22)15(10)21/h4-7,13-14,17-19,27-28H,1,8H2,2H3/t13-,14-,17-,18+,19+/m1/s1. The number of hydrogen-bond donors (Lipinski definition) is 2. The van der Waals surface area contributed by atoms with Gasteiger partial charge in [-0.25, -0.2) is 13.5 Å². The molecule has 2 N–H and O–H groups in total. The molecule has 0 amide bonds. The molecule has 0 spiro atoms. The molecule has 3 rings (SSSR count). The Balaban J connectivity index is 1.95. The fourth-order valence-corrected chi connectivity index (χ4v) is 3.30. The van der Waals surface area contributed by atoms with E-state index in [4.69, 9.17) is 21.1 Å². The quantitative estimate of drug-likeness (QED) is 0.414. The molecule has 2 aromatic rings. The molecule has 1 saturated heterocycles. The van der Waals surface area contributed by atoms with Gasteiger partial charge in [0, 0.05) is 12.5 Å². The van der Waals surface area contributed by atoms with Crippen molar-refractivity contribution in [1.29, 1.82) is 0 Å². The Morgan fingerprint density at radius 2 is 2.13 bits per heavy atom. The number of aliphatic hydroxyl groups excluding tert-OH is 2. The maximum atomic E-state index is 14.2. The van der Waals surface area contributed by atoms with E-state index in [0.717, 1.165) is 4.68 Å². The molecule has 0 radical (unpaired) electrons. The van der Waals surface area contributed by atoms with Crippen molar-refractivity contribution in [3.8, 4) is 11.3 Å². The van der Waals surface area contributed by atoms with Crippen LogP contribution in [0.2, 0.25) is 5.02 Å². The average molecular weight is 442 g/mol. The summed E-state index contributed by atoms with van der Waals surface area (Å²) >= 11 is 5.57. The second-order valence-electron chi connectivity index (χ2n) is 6.59. The number of ether oxygens (including phenoxy) is 2. The number of aliphatic hydroxyl groups is 2. The SMILES string of the molecule is C=C=C[C@H]1O[C@H](COC(C)=O)[C@H](O)[C@H](n2cc(-c3ccc(Cl)c(F)c3F)nn2)[C@H]1O. The van der Waals surface area contributed by atoms with Crippen molar-refractivity contribution in [3.63, 3.8) is 0 Å². The fraction of sp³-hybridized carbons (Fsp3) is 0.368. The molecule has 11 heteroatoms. The number of nitrogens with zero attached hydrogens (tertiary/aromatic N) is 3. The highest BCUT2D eigenvalue weighted by Gasteiger charge is 2.45. The van der Waals surface area contributed by atoms with E-state index in [-0.39, 0.29) is 22.9 Å². The minimum atomic E-state index is -1.37. The Bertz CT molecular complexity index is 995. The van der Waals surface area contributed by atoms with E-state index in [1.165, 1.54) is 31.3 Å². The zero-order chi connectivity index (χ0) is 22.0. The highest BCUT2D eigenvalue weighted by Crippen LogP contribution is 2.32. The summed E-state index contributed by atoms with van der Waals surface area (Å²) in [5, 5.41) is 28.6. The van der Waals surface area contributed by atoms with Gasteiger partial charge in [-0.15, -0.1) is 10.8 Å². The van der Waals surface area contributed by atoms with Crippen LogP contribution in [0.25, 0.3) is 11.3 Å².